The average molecular weight is 268 g/mol. The molecule has 0 radical (unpaired) electrons. The molecule has 0 spiro atoms. The zero-order valence-corrected chi connectivity index (χ0v) is 9.89. The summed E-state index contributed by atoms with van der Waals surface area (Å²) in [5.41, 5.74) is 6.23. The smallest absolute Gasteiger partial charge is 0.313 e. The number of nitrogens with two attached hydrogens (primary N) is 1. The van der Waals surface area contributed by atoms with Gasteiger partial charge in [-0.3, -0.25) is 9.36 Å². The molecule has 8 heteroatoms. The molecule has 0 saturated heterocycles. The van der Waals surface area contributed by atoms with Crippen molar-refractivity contribution in [1.29, 1.82) is 0 Å². The number of hydrogen-bond donors (Lipinski definition) is 2. The van der Waals surface area contributed by atoms with Crippen LogP contribution in [0.15, 0.2) is 29.4 Å². The van der Waals surface area contributed by atoms with Crippen LogP contribution in [0.5, 0.6) is 0 Å². The van der Waals surface area contributed by atoms with Gasteiger partial charge in [-0.1, -0.05) is 11.8 Å². The molecule has 6 nitrogen and oxygen atoms in total. The summed E-state index contributed by atoms with van der Waals surface area (Å²) in [6.07, 6.45) is 0. The summed E-state index contributed by atoms with van der Waals surface area (Å²) in [7, 11) is 0. The van der Waals surface area contributed by atoms with Crippen molar-refractivity contribution in [2.24, 2.45) is 0 Å². The molecule has 94 valence electrons. The van der Waals surface area contributed by atoms with Gasteiger partial charge in [0.05, 0.1) is 11.4 Å². The van der Waals surface area contributed by atoms with E-state index in [4.69, 9.17) is 10.8 Å². The van der Waals surface area contributed by atoms with E-state index < -0.39 is 5.97 Å². The standard InChI is InChI=1S/C10H9FN4O2S/c11-6-1-3-7(4-2-6)15-9(12)13-14-10(15)18-5-8(16)17/h1-4H,5H2,(H2,12,13)(H,16,17). The number of hydrogen-bond acceptors (Lipinski definition) is 5. The summed E-state index contributed by atoms with van der Waals surface area (Å²) in [5, 5.41) is 16.4. The van der Waals surface area contributed by atoms with Crippen molar-refractivity contribution in [2.75, 3.05) is 11.5 Å². The van der Waals surface area contributed by atoms with Gasteiger partial charge in [-0.2, -0.15) is 0 Å². The van der Waals surface area contributed by atoms with Gasteiger partial charge in [-0.15, -0.1) is 10.2 Å². The van der Waals surface area contributed by atoms with Crippen LogP contribution in [0.4, 0.5) is 10.3 Å². The maximum Gasteiger partial charge on any atom is 0.313 e. The third-order valence-electron chi connectivity index (χ3n) is 2.07. The van der Waals surface area contributed by atoms with E-state index in [2.05, 4.69) is 10.2 Å². The molecule has 1 aromatic carbocycles. The minimum atomic E-state index is -0.966. The number of carboxylic acid groups (broad SMARTS) is 1. The van der Waals surface area contributed by atoms with Crippen molar-refractivity contribution in [3.8, 4) is 5.69 Å². The molecule has 2 aromatic rings. The normalized spacial score (nSPS) is 10.5. The first-order valence-corrected chi connectivity index (χ1v) is 5.88. The number of halogens is 1. The number of thioether (sulfide) groups is 1. The summed E-state index contributed by atoms with van der Waals surface area (Å²) in [4.78, 5) is 10.5. The highest BCUT2D eigenvalue weighted by atomic mass is 32.2. The van der Waals surface area contributed by atoms with Gasteiger partial charge >= 0.3 is 5.97 Å². The topological polar surface area (TPSA) is 94.0 Å². The zero-order chi connectivity index (χ0) is 13.1. The first kappa shape index (κ1) is 12.4. The van der Waals surface area contributed by atoms with E-state index in [1.165, 1.54) is 28.8 Å². The van der Waals surface area contributed by atoms with Crippen molar-refractivity contribution < 1.29 is 14.3 Å². The van der Waals surface area contributed by atoms with Gasteiger partial charge < -0.3 is 10.8 Å². The molecule has 2 rings (SSSR count). The molecule has 1 heterocycles. The number of carbonyl (C=O) groups is 1. The second-order valence-corrected chi connectivity index (χ2v) is 4.28. The monoisotopic (exact) mass is 268 g/mol. The Kier molecular flexibility index (Phi) is 3.47. The number of nitrogen functional groups attached to an aromatic ring is 1. The second-order valence-electron chi connectivity index (χ2n) is 3.34. The fourth-order valence-corrected chi connectivity index (χ4v) is 2.01. The summed E-state index contributed by atoms with van der Waals surface area (Å²) < 4.78 is 14.3. The fraction of sp³-hybridized carbons (Fsp3) is 0.100. The maximum absolute atomic E-state index is 12.8. The highest BCUT2D eigenvalue weighted by Gasteiger charge is 2.13. The Bertz CT molecular complexity index is 570. The lowest BCUT2D eigenvalue weighted by Crippen LogP contribution is -2.04. The average Bonchev–Trinajstić information content (AvgIpc) is 2.69. The van der Waals surface area contributed by atoms with Crippen LogP contribution in [0.25, 0.3) is 5.69 Å². The largest absolute Gasteiger partial charge is 0.481 e. The predicted octanol–water partition coefficient (Wildman–Crippen LogP) is 1.17. The minimum absolute atomic E-state index is 0.120. The van der Waals surface area contributed by atoms with E-state index >= 15 is 0 Å². The number of anilines is 1. The number of nitrogens with zero attached hydrogens (tertiary/aromatic N) is 3. The van der Waals surface area contributed by atoms with Gasteiger partial charge in [-0.25, -0.2) is 4.39 Å². The van der Waals surface area contributed by atoms with Crippen LogP contribution in [0.3, 0.4) is 0 Å². The van der Waals surface area contributed by atoms with Crippen LogP contribution < -0.4 is 5.73 Å². The second kappa shape index (κ2) is 5.05. The molecule has 0 unspecified atom stereocenters. The van der Waals surface area contributed by atoms with E-state index in [-0.39, 0.29) is 17.5 Å². The molecule has 0 saturated carbocycles. The van der Waals surface area contributed by atoms with E-state index in [0.717, 1.165) is 11.8 Å². The minimum Gasteiger partial charge on any atom is -0.481 e. The van der Waals surface area contributed by atoms with Crippen LogP contribution in [-0.2, 0) is 4.79 Å². The molecule has 1 aromatic heterocycles. The van der Waals surface area contributed by atoms with Gasteiger partial charge in [0.1, 0.15) is 5.82 Å². The quantitative estimate of drug-likeness (QED) is 0.808. The van der Waals surface area contributed by atoms with Gasteiger partial charge in [0.2, 0.25) is 5.95 Å². The number of aromatic nitrogens is 3. The molecule has 0 fully saturated rings. The summed E-state index contributed by atoms with van der Waals surface area (Å²) in [5.74, 6) is -1.37. The Morgan fingerprint density at radius 1 is 1.39 bits per heavy atom. The number of rotatable bonds is 4. The molecule has 0 amide bonds. The summed E-state index contributed by atoms with van der Waals surface area (Å²) in [6, 6.07) is 5.58. The molecule has 18 heavy (non-hydrogen) atoms. The van der Waals surface area contributed by atoms with Gasteiger partial charge in [0.25, 0.3) is 0 Å². The molecule has 0 atom stereocenters. The Hall–Kier alpha value is -2.09. The molecule has 0 aliphatic carbocycles. The van der Waals surface area contributed by atoms with Crippen LogP contribution >= 0.6 is 11.8 Å². The van der Waals surface area contributed by atoms with Crippen LogP contribution in [-0.4, -0.2) is 31.6 Å². The van der Waals surface area contributed by atoms with Crippen molar-refractivity contribution in [2.45, 2.75) is 5.16 Å². The van der Waals surface area contributed by atoms with E-state index in [9.17, 15) is 9.18 Å². The van der Waals surface area contributed by atoms with Crippen molar-refractivity contribution in [1.82, 2.24) is 14.8 Å². The Morgan fingerprint density at radius 3 is 2.67 bits per heavy atom. The number of aliphatic carboxylic acids is 1. The lowest BCUT2D eigenvalue weighted by atomic mass is 10.3. The van der Waals surface area contributed by atoms with Crippen LogP contribution in [0, 0.1) is 5.82 Å². The van der Waals surface area contributed by atoms with E-state index in [0.29, 0.717) is 10.8 Å². The van der Waals surface area contributed by atoms with Crippen molar-refractivity contribution in [3.05, 3.63) is 30.1 Å². The fourth-order valence-electron chi connectivity index (χ4n) is 1.33. The first-order chi connectivity index (χ1) is 8.58. The lowest BCUT2D eigenvalue weighted by Gasteiger charge is -2.06. The SMILES string of the molecule is Nc1nnc(SCC(=O)O)n1-c1ccc(F)cc1. The van der Waals surface area contributed by atoms with Crippen molar-refractivity contribution in [3.63, 3.8) is 0 Å². The highest BCUT2D eigenvalue weighted by molar-refractivity contribution is 7.99. The van der Waals surface area contributed by atoms with E-state index in [1.54, 1.807) is 0 Å². The van der Waals surface area contributed by atoms with Crippen molar-refractivity contribution >= 4 is 23.7 Å². The Morgan fingerprint density at radius 2 is 2.06 bits per heavy atom. The third-order valence-corrected chi connectivity index (χ3v) is 2.98. The summed E-state index contributed by atoms with van der Waals surface area (Å²) in [6.45, 7) is 0. The molecule has 0 bridgehead atoms. The van der Waals surface area contributed by atoms with E-state index in [1.807, 2.05) is 0 Å². The van der Waals surface area contributed by atoms with Gasteiger partial charge in [0.15, 0.2) is 5.16 Å². The molecule has 3 N–H and O–H groups in total. The predicted molar refractivity (Wildman–Crippen MR) is 64.1 cm³/mol. The molecular formula is C10H9FN4O2S. The Labute approximate surface area is 106 Å². The number of benzene rings is 1. The highest BCUT2D eigenvalue weighted by Crippen LogP contribution is 2.22. The van der Waals surface area contributed by atoms with Gasteiger partial charge in [0, 0.05) is 0 Å². The first-order valence-electron chi connectivity index (χ1n) is 4.89. The van der Waals surface area contributed by atoms with Gasteiger partial charge in [-0.05, 0) is 24.3 Å². The zero-order valence-electron chi connectivity index (χ0n) is 9.08. The lowest BCUT2D eigenvalue weighted by molar-refractivity contribution is -0.133. The molecule has 0 aliphatic rings. The third kappa shape index (κ3) is 2.59. The number of carboxylic acids is 1. The molecule has 0 aliphatic heterocycles. The maximum atomic E-state index is 12.8. The summed E-state index contributed by atoms with van der Waals surface area (Å²) >= 11 is 0.991. The molecular weight excluding hydrogens is 259 g/mol. The Balaban J connectivity index is 2.34. The van der Waals surface area contributed by atoms with Crippen LogP contribution in [0.1, 0.15) is 0 Å². The van der Waals surface area contributed by atoms with Crippen LogP contribution in [0.2, 0.25) is 0 Å².